The van der Waals surface area contributed by atoms with Crippen molar-refractivity contribution in [1.82, 2.24) is 4.98 Å². The first-order valence-corrected chi connectivity index (χ1v) is 4.47. The Morgan fingerprint density at radius 2 is 2.42 bits per heavy atom. The molecule has 2 rings (SSSR count). The van der Waals surface area contributed by atoms with Crippen LogP contribution >= 0.6 is 0 Å². The Kier molecular flexibility index (Phi) is 1.85. The molecule has 1 aromatic rings. The molecule has 0 amide bonds. The molecule has 0 radical (unpaired) electrons. The lowest BCUT2D eigenvalue weighted by molar-refractivity contribution is 0.411. The summed E-state index contributed by atoms with van der Waals surface area (Å²) in [5, 5.41) is 0. The Labute approximate surface area is 72.8 Å². The fourth-order valence-corrected chi connectivity index (χ4v) is 1.83. The van der Waals surface area contributed by atoms with Crippen molar-refractivity contribution in [2.75, 3.05) is 0 Å². The monoisotopic (exact) mass is 162 g/mol. The smallest absolute Gasteiger partial charge is 0.0339 e. The number of fused-ring (bicyclic) bond motifs is 1. The molecule has 64 valence electrons. The van der Waals surface area contributed by atoms with Crippen LogP contribution in [0.2, 0.25) is 0 Å². The molecule has 2 heteroatoms. The highest BCUT2D eigenvalue weighted by Crippen LogP contribution is 2.31. The largest absolute Gasteiger partial charge is 0.324 e. The molecule has 1 aromatic heterocycles. The standard InChI is InChI=1S/C10H14N2/c1-7-2-3-8-4-5-12-6-9(8)10(7)11/h4-7,10H,2-3,11H2,1H3. The molecule has 1 aliphatic carbocycles. The highest BCUT2D eigenvalue weighted by atomic mass is 14.7. The average Bonchev–Trinajstić information content (AvgIpc) is 2.12. The molecule has 1 aliphatic rings. The number of pyridine rings is 1. The van der Waals surface area contributed by atoms with Gasteiger partial charge in [0, 0.05) is 18.4 Å². The number of nitrogens with zero attached hydrogens (tertiary/aromatic N) is 1. The molecular weight excluding hydrogens is 148 g/mol. The zero-order valence-corrected chi connectivity index (χ0v) is 7.33. The van der Waals surface area contributed by atoms with Gasteiger partial charge < -0.3 is 5.73 Å². The second-order valence-corrected chi connectivity index (χ2v) is 3.62. The van der Waals surface area contributed by atoms with E-state index in [-0.39, 0.29) is 6.04 Å². The first-order chi connectivity index (χ1) is 5.79. The minimum atomic E-state index is 0.197. The minimum absolute atomic E-state index is 0.197. The maximum Gasteiger partial charge on any atom is 0.0339 e. The van der Waals surface area contributed by atoms with E-state index in [1.54, 1.807) is 0 Å². The SMILES string of the molecule is CC1CCc2ccncc2C1N. The van der Waals surface area contributed by atoms with Crippen molar-refractivity contribution < 1.29 is 0 Å². The molecule has 2 N–H and O–H groups in total. The predicted molar refractivity (Wildman–Crippen MR) is 48.7 cm³/mol. The summed E-state index contributed by atoms with van der Waals surface area (Å²) in [5.74, 6) is 0.599. The first kappa shape index (κ1) is 7.74. The van der Waals surface area contributed by atoms with Crippen molar-refractivity contribution in [1.29, 1.82) is 0 Å². The number of nitrogens with two attached hydrogens (primary N) is 1. The van der Waals surface area contributed by atoms with Crippen LogP contribution in [0.3, 0.4) is 0 Å². The third kappa shape index (κ3) is 1.12. The summed E-state index contributed by atoms with van der Waals surface area (Å²) in [6.07, 6.45) is 6.13. The van der Waals surface area contributed by atoms with Crippen LogP contribution < -0.4 is 5.73 Å². The van der Waals surface area contributed by atoms with E-state index < -0.39 is 0 Å². The van der Waals surface area contributed by atoms with Gasteiger partial charge in [0.1, 0.15) is 0 Å². The van der Waals surface area contributed by atoms with Gasteiger partial charge in [-0.15, -0.1) is 0 Å². The van der Waals surface area contributed by atoms with Crippen LogP contribution in [0.1, 0.15) is 30.5 Å². The molecule has 0 bridgehead atoms. The molecule has 0 fully saturated rings. The van der Waals surface area contributed by atoms with Crippen LogP contribution in [0.15, 0.2) is 18.5 Å². The van der Waals surface area contributed by atoms with Crippen molar-refractivity contribution in [2.24, 2.45) is 11.7 Å². The molecule has 2 nitrogen and oxygen atoms in total. The van der Waals surface area contributed by atoms with Crippen LogP contribution in [-0.2, 0) is 6.42 Å². The Bertz CT molecular complexity index is 283. The van der Waals surface area contributed by atoms with Gasteiger partial charge in [0.2, 0.25) is 0 Å². The van der Waals surface area contributed by atoms with Crippen molar-refractivity contribution in [2.45, 2.75) is 25.8 Å². The maximum absolute atomic E-state index is 6.05. The van der Waals surface area contributed by atoms with Crippen molar-refractivity contribution in [3.05, 3.63) is 29.6 Å². The van der Waals surface area contributed by atoms with Crippen molar-refractivity contribution in [3.63, 3.8) is 0 Å². The summed E-state index contributed by atoms with van der Waals surface area (Å²) >= 11 is 0. The summed E-state index contributed by atoms with van der Waals surface area (Å²) < 4.78 is 0. The van der Waals surface area contributed by atoms with Gasteiger partial charge in [-0.1, -0.05) is 6.92 Å². The molecule has 0 aromatic carbocycles. The summed E-state index contributed by atoms with van der Waals surface area (Å²) in [6, 6.07) is 2.28. The van der Waals surface area contributed by atoms with E-state index in [9.17, 15) is 0 Å². The highest BCUT2D eigenvalue weighted by molar-refractivity contribution is 5.29. The number of hydrogen-bond acceptors (Lipinski definition) is 2. The zero-order chi connectivity index (χ0) is 8.55. The van der Waals surface area contributed by atoms with E-state index >= 15 is 0 Å². The Hall–Kier alpha value is -0.890. The lowest BCUT2D eigenvalue weighted by Crippen LogP contribution is -2.25. The van der Waals surface area contributed by atoms with Gasteiger partial charge in [0.25, 0.3) is 0 Å². The molecule has 0 saturated heterocycles. The molecule has 1 heterocycles. The quantitative estimate of drug-likeness (QED) is 0.630. The van der Waals surface area contributed by atoms with Crippen LogP contribution in [0.4, 0.5) is 0 Å². The normalized spacial score (nSPS) is 28.2. The van der Waals surface area contributed by atoms with E-state index in [0.717, 1.165) is 6.42 Å². The summed E-state index contributed by atoms with van der Waals surface area (Å²) in [4.78, 5) is 4.10. The lowest BCUT2D eigenvalue weighted by Gasteiger charge is -2.27. The van der Waals surface area contributed by atoms with Gasteiger partial charge in [-0.25, -0.2) is 0 Å². The predicted octanol–water partition coefficient (Wildman–Crippen LogP) is 1.66. The van der Waals surface area contributed by atoms with E-state index in [2.05, 4.69) is 18.0 Å². The van der Waals surface area contributed by atoms with Crippen molar-refractivity contribution in [3.8, 4) is 0 Å². The summed E-state index contributed by atoms with van der Waals surface area (Å²) in [6.45, 7) is 2.21. The molecule has 0 saturated carbocycles. The van der Waals surface area contributed by atoms with Crippen LogP contribution in [0.5, 0.6) is 0 Å². The topological polar surface area (TPSA) is 38.9 Å². The first-order valence-electron chi connectivity index (χ1n) is 4.47. The van der Waals surface area contributed by atoms with Crippen LogP contribution in [0, 0.1) is 5.92 Å². The molecule has 0 aliphatic heterocycles. The van der Waals surface area contributed by atoms with Crippen LogP contribution in [0.25, 0.3) is 0 Å². The van der Waals surface area contributed by atoms with Gasteiger partial charge in [-0.2, -0.15) is 0 Å². The Balaban J connectivity index is 2.42. The van der Waals surface area contributed by atoms with E-state index in [4.69, 9.17) is 5.73 Å². The minimum Gasteiger partial charge on any atom is -0.324 e. The lowest BCUT2D eigenvalue weighted by atomic mass is 9.82. The third-order valence-corrected chi connectivity index (χ3v) is 2.79. The van der Waals surface area contributed by atoms with E-state index in [1.165, 1.54) is 17.5 Å². The number of aromatic nitrogens is 1. The Morgan fingerprint density at radius 1 is 1.58 bits per heavy atom. The second kappa shape index (κ2) is 2.87. The zero-order valence-electron chi connectivity index (χ0n) is 7.33. The maximum atomic E-state index is 6.05. The molecular formula is C10H14N2. The van der Waals surface area contributed by atoms with Crippen LogP contribution in [-0.4, -0.2) is 4.98 Å². The van der Waals surface area contributed by atoms with Gasteiger partial charge in [-0.3, -0.25) is 4.98 Å². The fourth-order valence-electron chi connectivity index (χ4n) is 1.83. The summed E-state index contributed by atoms with van der Waals surface area (Å²) in [7, 11) is 0. The van der Waals surface area contributed by atoms with Gasteiger partial charge in [0.15, 0.2) is 0 Å². The molecule has 2 atom stereocenters. The van der Waals surface area contributed by atoms with Gasteiger partial charge >= 0.3 is 0 Å². The number of hydrogen-bond donors (Lipinski definition) is 1. The van der Waals surface area contributed by atoms with E-state index in [1.807, 2.05) is 12.4 Å². The highest BCUT2D eigenvalue weighted by Gasteiger charge is 2.22. The molecule has 2 unspecified atom stereocenters. The van der Waals surface area contributed by atoms with E-state index in [0.29, 0.717) is 5.92 Å². The van der Waals surface area contributed by atoms with Gasteiger partial charge in [-0.05, 0) is 36.0 Å². The van der Waals surface area contributed by atoms with Crippen molar-refractivity contribution >= 4 is 0 Å². The number of aryl methyl sites for hydroxylation is 1. The van der Waals surface area contributed by atoms with Gasteiger partial charge in [0.05, 0.1) is 0 Å². The number of rotatable bonds is 0. The fraction of sp³-hybridized carbons (Fsp3) is 0.500. The average molecular weight is 162 g/mol. The molecule has 12 heavy (non-hydrogen) atoms. The Morgan fingerprint density at radius 3 is 3.25 bits per heavy atom. The summed E-state index contributed by atoms with van der Waals surface area (Å²) in [5.41, 5.74) is 8.68. The second-order valence-electron chi connectivity index (χ2n) is 3.62. The molecule has 0 spiro atoms. The third-order valence-electron chi connectivity index (χ3n) is 2.79.